The van der Waals surface area contributed by atoms with Crippen LogP contribution in [0, 0.1) is 12.8 Å². The van der Waals surface area contributed by atoms with Crippen LogP contribution in [0.15, 0.2) is 30.6 Å². The second kappa shape index (κ2) is 8.84. The van der Waals surface area contributed by atoms with Crippen molar-refractivity contribution in [2.75, 3.05) is 25.0 Å². The van der Waals surface area contributed by atoms with Gasteiger partial charge in [0.05, 0.1) is 16.3 Å². The first-order valence-electron chi connectivity index (χ1n) is 10.0. The number of anilines is 1. The molecule has 0 bridgehead atoms. The quantitative estimate of drug-likeness (QED) is 0.578. The number of nitrogens with zero attached hydrogens (tertiary/aromatic N) is 3. The minimum atomic E-state index is -0.130. The molecule has 4 rings (SSSR count). The van der Waals surface area contributed by atoms with E-state index in [1.165, 1.54) is 0 Å². The maximum absolute atomic E-state index is 13.0. The van der Waals surface area contributed by atoms with Crippen LogP contribution in [0.1, 0.15) is 46.7 Å². The molecule has 0 radical (unpaired) electrons. The average Bonchev–Trinajstić information content (AvgIpc) is 3.12. The minimum absolute atomic E-state index is 0.0217. The van der Waals surface area contributed by atoms with Crippen LogP contribution < -0.4 is 16.0 Å². The summed E-state index contributed by atoms with van der Waals surface area (Å²) in [6, 6.07) is 5.89. The zero-order valence-electron chi connectivity index (χ0n) is 16.7. The van der Waals surface area contributed by atoms with E-state index < -0.39 is 0 Å². The van der Waals surface area contributed by atoms with Gasteiger partial charge >= 0.3 is 0 Å². The van der Waals surface area contributed by atoms with E-state index in [1.54, 1.807) is 17.5 Å². The fourth-order valence-electron chi connectivity index (χ4n) is 3.58. The van der Waals surface area contributed by atoms with Gasteiger partial charge in [0.15, 0.2) is 5.69 Å². The van der Waals surface area contributed by atoms with Gasteiger partial charge in [-0.2, -0.15) is 0 Å². The second-order valence-electron chi connectivity index (χ2n) is 7.52. The topological polar surface area (TPSA) is 91.8 Å². The Morgan fingerprint density at radius 2 is 2.17 bits per heavy atom. The Labute approximate surface area is 174 Å². The van der Waals surface area contributed by atoms with Gasteiger partial charge in [0.1, 0.15) is 0 Å². The molecular weight excluding hydrogens is 384 g/mol. The van der Waals surface area contributed by atoms with E-state index in [1.807, 2.05) is 38.2 Å². The van der Waals surface area contributed by atoms with Crippen molar-refractivity contribution in [3.63, 3.8) is 0 Å². The van der Waals surface area contributed by atoms with Crippen LogP contribution in [0.4, 0.5) is 5.95 Å². The Bertz CT molecular complexity index is 984. The average molecular weight is 411 g/mol. The molecule has 8 heteroatoms. The molecule has 29 heavy (non-hydrogen) atoms. The van der Waals surface area contributed by atoms with Crippen molar-refractivity contribution < 1.29 is 4.79 Å². The fourth-order valence-corrected chi connectivity index (χ4v) is 4.52. The van der Waals surface area contributed by atoms with Gasteiger partial charge in [-0.3, -0.25) is 9.78 Å². The Hall–Kier alpha value is -2.58. The Morgan fingerprint density at radius 1 is 1.34 bits per heavy atom. The van der Waals surface area contributed by atoms with Crippen molar-refractivity contribution in [3.8, 4) is 0 Å². The molecule has 0 aliphatic carbocycles. The van der Waals surface area contributed by atoms with E-state index in [0.717, 1.165) is 46.6 Å². The summed E-state index contributed by atoms with van der Waals surface area (Å²) in [6.07, 6.45) is 5.75. The van der Waals surface area contributed by atoms with Gasteiger partial charge in [0.25, 0.3) is 5.91 Å². The van der Waals surface area contributed by atoms with Crippen molar-refractivity contribution in [1.29, 1.82) is 0 Å². The summed E-state index contributed by atoms with van der Waals surface area (Å²) in [4.78, 5) is 27.5. The molecule has 1 fully saturated rings. The number of carbonyl (C=O) groups is 1. The highest BCUT2D eigenvalue weighted by Gasteiger charge is 2.20. The van der Waals surface area contributed by atoms with E-state index in [9.17, 15) is 4.79 Å². The molecule has 0 aromatic carbocycles. The molecule has 4 heterocycles. The smallest absolute Gasteiger partial charge is 0.271 e. The van der Waals surface area contributed by atoms with E-state index >= 15 is 0 Å². The van der Waals surface area contributed by atoms with Crippen molar-refractivity contribution in [1.82, 2.24) is 25.6 Å². The van der Waals surface area contributed by atoms with Crippen LogP contribution in [0.5, 0.6) is 0 Å². The first kappa shape index (κ1) is 19.7. The third-order valence-electron chi connectivity index (χ3n) is 5.25. The van der Waals surface area contributed by atoms with Crippen molar-refractivity contribution in [2.24, 2.45) is 5.92 Å². The Balaban J connectivity index is 1.56. The van der Waals surface area contributed by atoms with Gasteiger partial charge in [-0.15, -0.1) is 11.3 Å². The van der Waals surface area contributed by atoms with Crippen molar-refractivity contribution >= 4 is 33.4 Å². The van der Waals surface area contributed by atoms with E-state index in [0.29, 0.717) is 24.1 Å². The normalized spacial score (nSPS) is 15.9. The fraction of sp³-hybridized carbons (Fsp3) is 0.429. The van der Waals surface area contributed by atoms with E-state index in [2.05, 4.69) is 30.9 Å². The van der Waals surface area contributed by atoms with Crippen molar-refractivity contribution in [3.05, 3.63) is 46.7 Å². The summed E-state index contributed by atoms with van der Waals surface area (Å²) in [5, 5.41) is 9.76. The number of carbonyl (C=O) groups excluding carboxylic acids is 1. The highest BCUT2D eigenvalue weighted by atomic mass is 32.1. The lowest BCUT2D eigenvalue weighted by Gasteiger charge is -2.22. The number of aryl methyl sites for hydroxylation is 1. The molecule has 0 spiro atoms. The molecule has 0 saturated carbocycles. The standard InChI is InChI=1S/C21H26N6OS/c1-13-10-17-19(29-13)18(20(28)24-11-15-5-8-22-9-6-15)27-21(26-17)25-14(2)16-4-3-7-23-12-16/h3-4,7,10,12,14-15,22H,5-6,8-9,11H2,1-2H3,(H,24,28)(H,25,26,27)/t14-/m0/s1. The number of rotatable bonds is 6. The van der Waals surface area contributed by atoms with E-state index in [-0.39, 0.29) is 11.9 Å². The highest BCUT2D eigenvalue weighted by Crippen LogP contribution is 2.28. The molecule has 3 aromatic rings. The molecular formula is C21H26N6OS. The lowest BCUT2D eigenvalue weighted by Crippen LogP contribution is -2.36. The zero-order chi connectivity index (χ0) is 20.2. The number of aromatic nitrogens is 3. The van der Waals surface area contributed by atoms with Crippen LogP contribution in [0.3, 0.4) is 0 Å². The Morgan fingerprint density at radius 3 is 2.93 bits per heavy atom. The number of hydrogen-bond donors (Lipinski definition) is 3. The number of pyridine rings is 1. The summed E-state index contributed by atoms with van der Waals surface area (Å²) >= 11 is 1.56. The zero-order valence-corrected chi connectivity index (χ0v) is 17.6. The largest absolute Gasteiger partial charge is 0.350 e. The number of fused-ring (bicyclic) bond motifs is 1. The van der Waals surface area contributed by atoms with Crippen LogP contribution >= 0.6 is 11.3 Å². The maximum atomic E-state index is 13.0. The molecule has 0 unspecified atom stereocenters. The van der Waals surface area contributed by atoms with Gasteiger partial charge < -0.3 is 16.0 Å². The highest BCUT2D eigenvalue weighted by molar-refractivity contribution is 7.19. The van der Waals surface area contributed by atoms with Crippen LogP contribution in [0.25, 0.3) is 10.2 Å². The van der Waals surface area contributed by atoms with Gasteiger partial charge in [0, 0.05) is 23.8 Å². The molecule has 1 saturated heterocycles. The number of thiophene rings is 1. The lowest BCUT2D eigenvalue weighted by molar-refractivity contribution is 0.0941. The molecule has 7 nitrogen and oxygen atoms in total. The second-order valence-corrected chi connectivity index (χ2v) is 8.78. The predicted octanol–water partition coefficient (Wildman–Crippen LogP) is 3.30. The number of nitrogens with one attached hydrogen (secondary N) is 3. The van der Waals surface area contributed by atoms with Crippen molar-refractivity contribution in [2.45, 2.75) is 32.7 Å². The van der Waals surface area contributed by atoms with Crippen LogP contribution in [-0.2, 0) is 0 Å². The third kappa shape index (κ3) is 4.71. The van der Waals surface area contributed by atoms with Gasteiger partial charge in [-0.25, -0.2) is 9.97 Å². The van der Waals surface area contributed by atoms with Gasteiger partial charge in [-0.05, 0) is 63.4 Å². The van der Waals surface area contributed by atoms with Gasteiger partial charge in [0.2, 0.25) is 5.95 Å². The molecule has 1 amide bonds. The van der Waals surface area contributed by atoms with Crippen LogP contribution in [-0.4, -0.2) is 40.5 Å². The first-order valence-corrected chi connectivity index (χ1v) is 10.9. The molecule has 1 aliphatic heterocycles. The maximum Gasteiger partial charge on any atom is 0.271 e. The SMILES string of the molecule is Cc1cc2nc(N[C@@H](C)c3cccnc3)nc(C(=O)NCC3CCNCC3)c2s1. The lowest BCUT2D eigenvalue weighted by atomic mass is 9.98. The molecule has 1 aliphatic rings. The monoisotopic (exact) mass is 410 g/mol. The van der Waals surface area contributed by atoms with Crippen LogP contribution in [0.2, 0.25) is 0 Å². The number of amides is 1. The number of hydrogen-bond acceptors (Lipinski definition) is 7. The number of piperidine rings is 1. The summed E-state index contributed by atoms with van der Waals surface area (Å²) in [6.45, 7) is 6.77. The summed E-state index contributed by atoms with van der Waals surface area (Å²) in [7, 11) is 0. The molecule has 152 valence electrons. The molecule has 3 aromatic heterocycles. The molecule has 1 atom stereocenters. The predicted molar refractivity (Wildman–Crippen MR) is 116 cm³/mol. The summed E-state index contributed by atoms with van der Waals surface area (Å²) in [5.41, 5.74) is 2.29. The third-order valence-corrected chi connectivity index (χ3v) is 6.30. The minimum Gasteiger partial charge on any atom is -0.350 e. The summed E-state index contributed by atoms with van der Waals surface area (Å²) in [5.74, 6) is 0.847. The van der Waals surface area contributed by atoms with Gasteiger partial charge in [-0.1, -0.05) is 6.07 Å². The first-order chi connectivity index (χ1) is 14.1. The molecule has 3 N–H and O–H groups in total. The Kier molecular flexibility index (Phi) is 6.01. The summed E-state index contributed by atoms with van der Waals surface area (Å²) < 4.78 is 0.838. The van der Waals surface area contributed by atoms with E-state index in [4.69, 9.17) is 0 Å².